The second-order valence-electron chi connectivity index (χ2n) is 5.45. The third kappa shape index (κ3) is 4.96. The molecule has 0 bridgehead atoms. The fourth-order valence-corrected chi connectivity index (χ4v) is 3.68. The highest BCUT2D eigenvalue weighted by Crippen LogP contribution is 2.36. The van der Waals surface area contributed by atoms with Crippen LogP contribution < -0.4 is 10.5 Å². The number of methoxy groups -OCH3 is 1. The van der Waals surface area contributed by atoms with Crippen molar-refractivity contribution in [3.63, 3.8) is 0 Å². The molecule has 4 N–H and O–H groups in total. The van der Waals surface area contributed by atoms with Gasteiger partial charge in [0.2, 0.25) is 5.95 Å². The Morgan fingerprint density at radius 1 is 1.30 bits per heavy atom. The van der Waals surface area contributed by atoms with Gasteiger partial charge in [0.25, 0.3) is 0 Å². The summed E-state index contributed by atoms with van der Waals surface area (Å²) in [6, 6.07) is 7.52. The van der Waals surface area contributed by atoms with Gasteiger partial charge in [-0.15, -0.1) is 0 Å². The van der Waals surface area contributed by atoms with Gasteiger partial charge in [0.1, 0.15) is 22.6 Å². The molecular formula is C15H18N5O5PS. The molecule has 0 aliphatic heterocycles. The molecule has 0 radical (unpaired) electrons. The van der Waals surface area contributed by atoms with Gasteiger partial charge in [0.15, 0.2) is 5.65 Å². The number of rotatable bonds is 8. The first-order valence-corrected chi connectivity index (χ1v) is 10.4. The number of fused-ring (bicyclic) bond motifs is 1. The zero-order valence-electron chi connectivity index (χ0n) is 14.3. The van der Waals surface area contributed by atoms with Crippen molar-refractivity contribution in [1.82, 2.24) is 19.5 Å². The summed E-state index contributed by atoms with van der Waals surface area (Å²) in [5.41, 5.74) is 6.93. The molecule has 144 valence electrons. The summed E-state index contributed by atoms with van der Waals surface area (Å²) in [5.74, 6) is 0.802. The van der Waals surface area contributed by atoms with Crippen LogP contribution in [-0.4, -0.2) is 49.4 Å². The van der Waals surface area contributed by atoms with Gasteiger partial charge in [0.05, 0.1) is 24.9 Å². The Labute approximate surface area is 158 Å². The van der Waals surface area contributed by atoms with E-state index >= 15 is 0 Å². The molecular weight excluding hydrogens is 393 g/mol. The molecule has 0 amide bonds. The van der Waals surface area contributed by atoms with Gasteiger partial charge >= 0.3 is 7.60 Å². The van der Waals surface area contributed by atoms with Crippen molar-refractivity contribution in [2.24, 2.45) is 0 Å². The van der Waals surface area contributed by atoms with E-state index in [1.54, 1.807) is 18.0 Å². The van der Waals surface area contributed by atoms with Crippen LogP contribution in [0.1, 0.15) is 0 Å². The van der Waals surface area contributed by atoms with Crippen LogP contribution >= 0.6 is 19.4 Å². The largest absolute Gasteiger partial charge is 0.496 e. The Hall–Kier alpha value is -2.17. The highest BCUT2D eigenvalue weighted by atomic mass is 32.2. The lowest BCUT2D eigenvalue weighted by molar-refractivity contribution is 0.149. The summed E-state index contributed by atoms with van der Waals surface area (Å²) in [7, 11) is -2.60. The molecule has 10 nitrogen and oxygen atoms in total. The number of para-hydroxylation sites is 1. The van der Waals surface area contributed by atoms with Crippen LogP contribution in [0.5, 0.6) is 5.75 Å². The number of imidazole rings is 1. The van der Waals surface area contributed by atoms with Crippen LogP contribution in [0.2, 0.25) is 0 Å². The van der Waals surface area contributed by atoms with E-state index in [4.69, 9.17) is 25.0 Å². The van der Waals surface area contributed by atoms with Crippen molar-refractivity contribution in [2.75, 3.05) is 25.8 Å². The summed E-state index contributed by atoms with van der Waals surface area (Å²) < 4.78 is 22.9. The van der Waals surface area contributed by atoms with E-state index in [-0.39, 0.29) is 12.6 Å². The normalized spacial score (nSPS) is 11.8. The third-order valence-electron chi connectivity index (χ3n) is 3.46. The van der Waals surface area contributed by atoms with Gasteiger partial charge < -0.3 is 29.6 Å². The summed E-state index contributed by atoms with van der Waals surface area (Å²) in [4.78, 5) is 31.3. The lowest BCUT2D eigenvalue weighted by Crippen LogP contribution is -2.07. The molecule has 3 aromatic rings. The van der Waals surface area contributed by atoms with E-state index in [1.807, 2.05) is 24.3 Å². The van der Waals surface area contributed by atoms with Gasteiger partial charge in [-0.25, -0.2) is 9.97 Å². The number of aromatic nitrogens is 4. The molecule has 0 fully saturated rings. The Morgan fingerprint density at radius 3 is 2.81 bits per heavy atom. The number of benzene rings is 1. The molecule has 3 rings (SSSR count). The fourth-order valence-electron chi connectivity index (χ4n) is 2.32. The first-order chi connectivity index (χ1) is 12.9. The number of nitrogen functional groups attached to an aromatic ring is 1. The maximum Gasteiger partial charge on any atom is 0.350 e. The van der Waals surface area contributed by atoms with Crippen molar-refractivity contribution in [1.29, 1.82) is 0 Å². The Morgan fingerprint density at radius 2 is 2.07 bits per heavy atom. The monoisotopic (exact) mass is 411 g/mol. The van der Waals surface area contributed by atoms with Crippen molar-refractivity contribution in [3.8, 4) is 5.75 Å². The topological polar surface area (TPSA) is 146 Å². The fraction of sp³-hybridized carbons (Fsp3) is 0.267. The van der Waals surface area contributed by atoms with Crippen molar-refractivity contribution < 1.29 is 23.8 Å². The third-order valence-corrected chi connectivity index (χ3v) is 5.01. The summed E-state index contributed by atoms with van der Waals surface area (Å²) in [6.45, 7) is 0.404. The smallest absolute Gasteiger partial charge is 0.350 e. The average Bonchev–Trinajstić information content (AvgIpc) is 3.01. The SMILES string of the molecule is COc1ccccc1Sc1nc(N)nc2c1ncn2CCOCP(=O)(O)O. The number of nitrogens with two attached hydrogens (primary N) is 1. The molecule has 1 aromatic carbocycles. The minimum Gasteiger partial charge on any atom is -0.496 e. The average molecular weight is 411 g/mol. The maximum absolute atomic E-state index is 10.8. The van der Waals surface area contributed by atoms with E-state index in [2.05, 4.69) is 15.0 Å². The number of anilines is 1. The molecule has 12 heteroatoms. The number of nitrogens with zero attached hydrogens (tertiary/aromatic N) is 4. The number of ether oxygens (including phenoxy) is 2. The summed E-state index contributed by atoms with van der Waals surface area (Å²) >= 11 is 1.36. The van der Waals surface area contributed by atoms with Crippen molar-refractivity contribution in [2.45, 2.75) is 16.5 Å². The molecule has 27 heavy (non-hydrogen) atoms. The van der Waals surface area contributed by atoms with Gasteiger partial charge in [-0.1, -0.05) is 23.9 Å². The van der Waals surface area contributed by atoms with Crippen molar-refractivity contribution in [3.05, 3.63) is 30.6 Å². The van der Waals surface area contributed by atoms with Gasteiger partial charge in [-0.2, -0.15) is 4.98 Å². The predicted octanol–water partition coefficient (Wildman–Crippen LogP) is 1.72. The lowest BCUT2D eigenvalue weighted by Gasteiger charge is -2.09. The Bertz CT molecular complexity index is 992. The van der Waals surface area contributed by atoms with Gasteiger partial charge in [-0.3, -0.25) is 4.57 Å². The second kappa shape index (κ2) is 8.24. The Kier molecular flexibility index (Phi) is 5.98. The predicted molar refractivity (Wildman–Crippen MR) is 99.7 cm³/mol. The highest BCUT2D eigenvalue weighted by molar-refractivity contribution is 7.99. The highest BCUT2D eigenvalue weighted by Gasteiger charge is 2.16. The van der Waals surface area contributed by atoms with E-state index in [9.17, 15) is 4.57 Å². The summed E-state index contributed by atoms with van der Waals surface area (Å²) in [6.07, 6.45) is 0.928. The molecule has 0 unspecified atom stereocenters. The van der Waals surface area contributed by atoms with Crippen LogP contribution in [0, 0.1) is 0 Å². The minimum absolute atomic E-state index is 0.0927. The first-order valence-electron chi connectivity index (χ1n) is 7.79. The minimum atomic E-state index is -4.19. The summed E-state index contributed by atoms with van der Waals surface area (Å²) in [5, 5.41) is 0.580. The molecule has 0 saturated heterocycles. The molecule has 2 heterocycles. The van der Waals surface area contributed by atoms with E-state index in [0.29, 0.717) is 28.5 Å². The molecule has 0 aliphatic rings. The zero-order chi connectivity index (χ0) is 19.4. The van der Waals surface area contributed by atoms with Crippen LogP contribution in [0.3, 0.4) is 0 Å². The number of hydrogen-bond donors (Lipinski definition) is 3. The zero-order valence-corrected chi connectivity index (χ0v) is 16.1. The van der Waals surface area contributed by atoms with Crippen LogP contribution in [-0.2, 0) is 15.8 Å². The molecule has 0 atom stereocenters. The maximum atomic E-state index is 10.8. The van der Waals surface area contributed by atoms with Crippen LogP contribution in [0.25, 0.3) is 11.2 Å². The lowest BCUT2D eigenvalue weighted by atomic mass is 10.3. The molecule has 0 spiro atoms. The Balaban J connectivity index is 1.83. The van der Waals surface area contributed by atoms with Gasteiger partial charge in [-0.05, 0) is 12.1 Å². The van der Waals surface area contributed by atoms with E-state index in [1.165, 1.54) is 11.8 Å². The van der Waals surface area contributed by atoms with Crippen LogP contribution in [0.15, 0.2) is 40.5 Å². The van der Waals surface area contributed by atoms with Crippen LogP contribution in [0.4, 0.5) is 5.95 Å². The second-order valence-corrected chi connectivity index (χ2v) is 8.07. The molecule has 0 saturated carbocycles. The van der Waals surface area contributed by atoms with Gasteiger partial charge in [0, 0.05) is 6.54 Å². The van der Waals surface area contributed by atoms with Crippen molar-refractivity contribution >= 4 is 36.5 Å². The van der Waals surface area contributed by atoms with E-state index in [0.717, 1.165) is 4.90 Å². The van der Waals surface area contributed by atoms with E-state index < -0.39 is 13.9 Å². The number of hydrogen-bond acceptors (Lipinski definition) is 8. The quantitative estimate of drug-likeness (QED) is 0.284. The molecule has 2 aromatic heterocycles. The molecule has 0 aliphatic carbocycles. The first kappa shape index (κ1) is 19.6. The standard InChI is InChI=1S/C15H18N5O5PS/c1-24-10-4-2-3-5-11(10)27-14-12-13(18-15(16)19-14)20(8-17-12)6-7-25-9-26(21,22)23/h2-5,8H,6-7,9H2,1H3,(H2,16,18,19)(H2,21,22,23).